The van der Waals surface area contributed by atoms with Gasteiger partial charge in [0.25, 0.3) is 0 Å². The van der Waals surface area contributed by atoms with E-state index in [1.807, 2.05) is 0 Å². The van der Waals surface area contributed by atoms with E-state index in [2.05, 4.69) is 19.3 Å². The first kappa shape index (κ1) is 10.4. The largest absolute Gasteiger partial charge is 0.378 e. The zero-order valence-electron chi connectivity index (χ0n) is 9.51. The van der Waals surface area contributed by atoms with Crippen molar-refractivity contribution in [2.45, 2.75) is 45.1 Å². The molecule has 1 aliphatic heterocycles. The first-order chi connectivity index (χ1) is 6.74. The van der Waals surface area contributed by atoms with Crippen molar-refractivity contribution in [1.82, 2.24) is 5.32 Å². The lowest BCUT2D eigenvalue weighted by Gasteiger charge is -2.32. The second kappa shape index (κ2) is 4.19. The molecule has 1 saturated heterocycles. The molecule has 14 heavy (non-hydrogen) atoms. The zero-order valence-corrected chi connectivity index (χ0v) is 9.51. The smallest absolute Gasteiger partial charge is 0.0581 e. The topological polar surface area (TPSA) is 21.3 Å². The monoisotopic (exact) mass is 197 g/mol. The van der Waals surface area contributed by atoms with E-state index in [1.54, 1.807) is 0 Å². The number of nitrogens with one attached hydrogen (secondary N) is 1. The zero-order chi connectivity index (χ0) is 10.0. The van der Waals surface area contributed by atoms with E-state index in [0.717, 1.165) is 19.1 Å². The van der Waals surface area contributed by atoms with E-state index in [9.17, 15) is 0 Å². The summed E-state index contributed by atoms with van der Waals surface area (Å²) in [5.41, 5.74) is 0.490. The van der Waals surface area contributed by atoms with Crippen LogP contribution < -0.4 is 5.32 Å². The maximum absolute atomic E-state index is 5.75. The fourth-order valence-electron chi connectivity index (χ4n) is 2.89. The molecule has 2 unspecified atom stereocenters. The summed E-state index contributed by atoms with van der Waals surface area (Å²) >= 11 is 0. The van der Waals surface area contributed by atoms with Gasteiger partial charge in [0.15, 0.2) is 0 Å². The Kier molecular flexibility index (Phi) is 3.13. The number of hydrogen-bond acceptors (Lipinski definition) is 2. The molecular formula is C12H23NO. The van der Waals surface area contributed by atoms with Gasteiger partial charge in [-0.1, -0.05) is 6.92 Å². The second-order valence-corrected chi connectivity index (χ2v) is 5.30. The minimum absolute atomic E-state index is 0.490. The summed E-state index contributed by atoms with van der Waals surface area (Å²) in [4.78, 5) is 0. The molecule has 0 bridgehead atoms. The third-order valence-corrected chi connectivity index (χ3v) is 3.86. The molecule has 1 heterocycles. The summed E-state index contributed by atoms with van der Waals surface area (Å²) in [5, 5.41) is 3.35. The van der Waals surface area contributed by atoms with Crippen LogP contribution >= 0.6 is 0 Å². The van der Waals surface area contributed by atoms with Crippen LogP contribution in [0.3, 0.4) is 0 Å². The average molecular weight is 197 g/mol. The van der Waals surface area contributed by atoms with Crippen LogP contribution in [0.1, 0.15) is 39.0 Å². The van der Waals surface area contributed by atoms with Crippen LogP contribution in [0.2, 0.25) is 0 Å². The van der Waals surface area contributed by atoms with Gasteiger partial charge in [0, 0.05) is 13.2 Å². The van der Waals surface area contributed by atoms with Crippen LogP contribution in [-0.2, 0) is 4.74 Å². The van der Waals surface area contributed by atoms with Gasteiger partial charge in [0.1, 0.15) is 0 Å². The van der Waals surface area contributed by atoms with Gasteiger partial charge < -0.3 is 10.1 Å². The van der Waals surface area contributed by atoms with Crippen molar-refractivity contribution in [3.8, 4) is 0 Å². The van der Waals surface area contributed by atoms with Crippen LogP contribution in [0.25, 0.3) is 0 Å². The maximum Gasteiger partial charge on any atom is 0.0581 e. The SMILES string of the molecule is CNCC(C)(CC1CCCO1)C1CC1. The minimum atomic E-state index is 0.490. The van der Waals surface area contributed by atoms with Crippen molar-refractivity contribution in [3.63, 3.8) is 0 Å². The van der Waals surface area contributed by atoms with Gasteiger partial charge in [-0.05, 0) is 50.5 Å². The lowest BCUT2D eigenvalue weighted by molar-refractivity contribution is 0.0586. The Bertz CT molecular complexity index is 185. The maximum atomic E-state index is 5.75. The number of ether oxygens (including phenoxy) is 1. The molecule has 0 amide bonds. The Morgan fingerprint density at radius 1 is 1.36 bits per heavy atom. The molecule has 2 aliphatic rings. The van der Waals surface area contributed by atoms with Crippen LogP contribution in [0.4, 0.5) is 0 Å². The van der Waals surface area contributed by atoms with Crippen molar-refractivity contribution < 1.29 is 4.74 Å². The fraction of sp³-hybridized carbons (Fsp3) is 1.00. The predicted molar refractivity (Wildman–Crippen MR) is 58.3 cm³/mol. The van der Waals surface area contributed by atoms with Gasteiger partial charge in [-0.2, -0.15) is 0 Å². The van der Waals surface area contributed by atoms with Crippen molar-refractivity contribution in [3.05, 3.63) is 0 Å². The van der Waals surface area contributed by atoms with Crippen molar-refractivity contribution in [1.29, 1.82) is 0 Å². The van der Waals surface area contributed by atoms with E-state index in [1.165, 1.54) is 32.1 Å². The minimum Gasteiger partial charge on any atom is -0.378 e. The third kappa shape index (κ3) is 2.29. The molecule has 1 aliphatic carbocycles. The predicted octanol–water partition coefficient (Wildman–Crippen LogP) is 2.19. The lowest BCUT2D eigenvalue weighted by atomic mass is 9.79. The van der Waals surface area contributed by atoms with Gasteiger partial charge in [-0.25, -0.2) is 0 Å². The fourth-order valence-corrected chi connectivity index (χ4v) is 2.89. The Labute approximate surface area is 87.4 Å². The highest BCUT2D eigenvalue weighted by molar-refractivity contribution is 4.94. The molecule has 1 N–H and O–H groups in total. The highest BCUT2D eigenvalue weighted by Crippen LogP contribution is 2.48. The summed E-state index contributed by atoms with van der Waals surface area (Å²) in [5.74, 6) is 0.958. The molecule has 2 heteroatoms. The molecule has 2 atom stereocenters. The molecule has 2 fully saturated rings. The third-order valence-electron chi connectivity index (χ3n) is 3.86. The van der Waals surface area contributed by atoms with E-state index < -0.39 is 0 Å². The molecule has 82 valence electrons. The first-order valence-electron chi connectivity index (χ1n) is 6.01. The molecular weight excluding hydrogens is 174 g/mol. The summed E-state index contributed by atoms with van der Waals surface area (Å²) in [6.07, 6.45) is 7.24. The van der Waals surface area contributed by atoms with Crippen LogP contribution in [-0.4, -0.2) is 26.3 Å². The molecule has 0 aromatic carbocycles. The average Bonchev–Trinajstić information content (AvgIpc) is 2.89. The molecule has 0 aromatic heterocycles. The van der Waals surface area contributed by atoms with Crippen molar-refractivity contribution in [2.24, 2.45) is 11.3 Å². The van der Waals surface area contributed by atoms with Gasteiger partial charge >= 0.3 is 0 Å². The normalized spacial score (nSPS) is 31.7. The Morgan fingerprint density at radius 3 is 2.64 bits per heavy atom. The van der Waals surface area contributed by atoms with E-state index in [0.29, 0.717) is 11.5 Å². The molecule has 0 radical (unpaired) electrons. The van der Waals surface area contributed by atoms with Crippen LogP contribution in [0, 0.1) is 11.3 Å². The van der Waals surface area contributed by atoms with Gasteiger partial charge in [0.2, 0.25) is 0 Å². The van der Waals surface area contributed by atoms with E-state index >= 15 is 0 Å². The first-order valence-corrected chi connectivity index (χ1v) is 6.01. The Morgan fingerprint density at radius 2 is 2.14 bits per heavy atom. The van der Waals surface area contributed by atoms with Gasteiger partial charge in [-0.3, -0.25) is 0 Å². The highest BCUT2D eigenvalue weighted by Gasteiger charge is 2.42. The summed E-state index contributed by atoms with van der Waals surface area (Å²) in [6.45, 7) is 4.57. The van der Waals surface area contributed by atoms with Crippen molar-refractivity contribution >= 4 is 0 Å². The molecule has 0 spiro atoms. The number of hydrogen-bond donors (Lipinski definition) is 1. The number of rotatable bonds is 5. The summed E-state index contributed by atoms with van der Waals surface area (Å²) in [6, 6.07) is 0. The quantitative estimate of drug-likeness (QED) is 0.729. The second-order valence-electron chi connectivity index (χ2n) is 5.30. The van der Waals surface area contributed by atoms with Crippen molar-refractivity contribution in [2.75, 3.05) is 20.2 Å². The highest BCUT2D eigenvalue weighted by atomic mass is 16.5. The molecule has 2 rings (SSSR count). The van der Waals surface area contributed by atoms with Gasteiger partial charge in [-0.15, -0.1) is 0 Å². The lowest BCUT2D eigenvalue weighted by Crippen LogP contribution is -2.35. The van der Waals surface area contributed by atoms with Gasteiger partial charge in [0.05, 0.1) is 6.10 Å². The Balaban J connectivity index is 1.88. The van der Waals surface area contributed by atoms with E-state index in [4.69, 9.17) is 4.74 Å². The van der Waals surface area contributed by atoms with E-state index in [-0.39, 0.29) is 0 Å². The summed E-state index contributed by atoms with van der Waals surface area (Å²) in [7, 11) is 2.07. The molecule has 2 nitrogen and oxygen atoms in total. The van der Waals surface area contributed by atoms with Crippen LogP contribution in [0.15, 0.2) is 0 Å². The Hall–Kier alpha value is -0.0800. The summed E-state index contributed by atoms with van der Waals surface area (Å²) < 4.78 is 5.75. The standard InChI is InChI=1S/C12H23NO/c1-12(9-13-2,10-5-6-10)8-11-4-3-7-14-11/h10-11,13H,3-9H2,1-2H3. The molecule has 1 saturated carbocycles. The van der Waals surface area contributed by atoms with Crippen LogP contribution in [0.5, 0.6) is 0 Å². The molecule has 0 aromatic rings.